The van der Waals surface area contributed by atoms with Crippen LogP contribution in [0, 0.1) is 0 Å². The van der Waals surface area contributed by atoms with Crippen LogP contribution in [0.15, 0.2) is 0 Å². The van der Waals surface area contributed by atoms with Gasteiger partial charge in [0.25, 0.3) is 0 Å². The van der Waals surface area contributed by atoms with E-state index >= 15 is 0 Å². The first-order valence-electron chi connectivity index (χ1n) is 12.0. The number of rotatable bonds is 6. The van der Waals surface area contributed by atoms with Crippen molar-refractivity contribution in [3.05, 3.63) is 0 Å². The summed E-state index contributed by atoms with van der Waals surface area (Å²) in [5.41, 5.74) is -1.57. The second kappa shape index (κ2) is 8.43. The molecule has 4 rings (SSSR count). The van der Waals surface area contributed by atoms with Gasteiger partial charge < -0.3 is 43.0 Å². The summed E-state index contributed by atoms with van der Waals surface area (Å²) in [5.74, 6) is -3.80. The third-order valence-electron chi connectivity index (χ3n) is 6.51. The zero-order chi connectivity index (χ0) is 25.3. The zero-order valence-electron chi connectivity index (χ0n) is 21.7. The number of ketones is 1. The summed E-state index contributed by atoms with van der Waals surface area (Å²) in [6.45, 7) is 16.4. The molecule has 0 bridgehead atoms. The van der Waals surface area contributed by atoms with E-state index in [0.29, 0.717) is 6.61 Å². The van der Waals surface area contributed by atoms with Gasteiger partial charge in [-0.25, -0.2) is 0 Å². The Labute approximate surface area is 201 Å². The van der Waals surface area contributed by atoms with Crippen molar-refractivity contribution >= 4 is 5.78 Å². The molecule has 7 atom stereocenters. The van der Waals surface area contributed by atoms with Crippen molar-refractivity contribution in [1.29, 1.82) is 0 Å². The highest BCUT2D eigenvalue weighted by Crippen LogP contribution is 2.42. The molecule has 4 heterocycles. The van der Waals surface area contributed by atoms with Crippen LogP contribution in [-0.4, -0.2) is 89.5 Å². The van der Waals surface area contributed by atoms with Gasteiger partial charge in [-0.1, -0.05) is 0 Å². The van der Waals surface area contributed by atoms with Crippen molar-refractivity contribution < 1.29 is 47.8 Å². The smallest absolute Gasteiger partial charge is 0.167 e. The van der Waals surface area contributed by atoms with E-state index in [4.69, 9.17) is 37.9 Å². The summed E-state index contributed by atoms with van der Waals surface area (Å²) in [5, 5.41) is 11.5. The van der Waals surface area contributed by atoms with E-state index in [1.54, 1.807) is 34.6 Å². The number of carbonyl (C=O) groups is 1. The molecule has 0 radical (unpaired) electrons. The summed E-state index contributed by atoms with van der Waals surface area (Å²) in [6, 6.07) is 0. The number of hydrogen-bond acceptors (Lipinski definition) is 10. The Hall–Kier alpha value is -0.690. The summed E-state index contributed by atoms with van der Waals surface area (Å²) in [6.07, 6.45) is -4.20. The first-order valence-corrected chi connectivity index (χ1v) is 12.0. The van der Waals surface area contributed by atoms with Crippen LogP contribution in [-0.2, 0) is 42.7 Å². The SMILES string of the molecule is CC1(C)OC[C@@H]([C@@H]2OC(C)(C)O[C@H]2C(=O)C[C@@](C)(O)[C@H]2OC(C)(C)O[C@H]2[C@@H]2COC(C)(C)O2)O1. The molecule has 0 aromatic rings. The molecule has 1 N–H and O–H groups in total. The minimum atomic E-state index is -1.57. The molecule has 0 aromatic carbocycles. The predicted octanol–water partition coefficient (Wildman–Crippen LogP) is 2.04. The standard InChI is InChI=1S/C24H40O10/c1-20(2)27-11-14(29-20)17-16(31-22(5,6)32-17)13(25)10-24(9,26)19-18(33-23(7,8)34-19)15-12-28-21(3,4)30-15/h14-19,26H,10-12H2,1-9H3/t14-,15-,16-,17-,18-,19-,24+/m0/s1. The van der Waals surface area contributed by atoms with Gasteiger partial charge in [0.1, 0.15) is 36.6 Å². The highest BCUT2D eigenvalue weighted by molar-refractivity contribution is 5.85. The molecule has 34 heavy (non-hydrogen) atoms. The zero-order valence-corrected chi connectivity index (χ0v) is 21.7. The highest BCUT2D eigenvalue weighted by atomic mass is 16.8. The Morgan fingerprint density at radius 2 is 1.21 bits per heavy atom. The van der Waals surface area contributed by atoms with E-state index in [9.17, 15) is 9.90 Å². The van der Waals surface area contributed by atoms with E-state index in [-0.39, 0.29) is 18.8 Å². The van der Waals surface area contributed by atoms with Crippen molar-refractivity contribution in [2.75, 3.05) is 13.2 Å². The fourth-order valence-electron chi connectivity index (χ4n) is 5.16. The lowest BCUT2D eigenvalue weighted by Crippen LogP contribution is -2.53. The molecule has 0 unspecified atom stereocenters. The van der Waals surface area contributed by atoms with Crippen LogP contribution in [0.2, 0.25) is 0 Å². The maximum Gasteiger partial charge on any atom is 0.167 e. The molecule has 0 saturated carbocycles. The van der Waals surface area contributed by atoms with Gasteiger partial charge in [-0.05, 0) is 62.3 Å². The molecule has 4 saturated heterocycles. The maximum absolute atomic E-state index is 13.5. The molecule has 4 aliphatic rings. The van der Waals surface area contributed by atoms with Gasteiger partial charge in [0.15, 0.2) is 28.9 Å². The van der Waals surface area contributed by atoms with Crippen LogP contribution in [0.3, 0.4) is 0 Å². The van der Waals surface area contributed by atoms with Gasteiger partial charge in [0.2, 0.25) is 0 Å². The Balaban J connectivity index is 1.50. The van der Waals surface area contributed by atoms with E-state index in [1.165, 1.54) is 0 Å². The lowest BCUT2D eigenvalue weighted by molar-refractivity contribution is -0.178. The minimum Gasteiger partial charge on any atom is -0.387 e. The fourth-order valence-corrected chi connectivity index (χ4v) is 5.16. The summed E-state index contributed by atoms with van der Waals surface area (Å²) >= 11 is 0. The van der Waals surface area contributed by atoms with Gasteiger partial charge in [-0.2, -0.15) is 0 Å². The minimum absolute atomic E-state index is 0.234. The second-order valence-corrected chi connectivity index (χ2v) is 11.8. The van der Waals surface area contributed by atoms with Crippen molar-refractivity contribution in [2.45, 2.75) is 134 Å². The number of hydrogen-bond donors (Lipinski definition) is 1. The van der Waals surface area contributed by atoms with Gasteiger partial charge in [-0.15, -0.1) is 0 Å². The quantitative estimate of drug-likeness (QED) is 0.596. The number of aliphatic hydroxyl groups is 1. The molecule has 0 spiro atoms. The third-order valence-corrected chi connectivity index (χ3v) is 6.51. The average molecular weight is 489 g/mol. The first-order chi connectivity index (χ1) is 15.4. The monoisotopic (exact) mass is 488 g/mol. The van der Waals surface area contributed by atoms with Crippen molar-refractivity contribution in [2.24, 2.45) is 0 Å². The molecule has 10 heteroatoms. The molecule has 196 valence electrons. The Morgan fingerprint density at radius 3 is 1.71 bits per heavy atom. The van der Waals surface area contributed by atoms with Gasteiger partial charge in [-0.3, -0.25) is 4.79 Å². The predicted molar refractivity (Wildman–Crippen MR) is 118 cm³/mol. The van der Waals surface area contributed by atoms with Crippen LogP contribution < -0.4 is 0 Å². The molecule has 10 nitrogen and oxygen atoms in total. The average Bonchev–Trinajstić information content (AvgIpc) is 3.38. The van der Waals surface area contributed by atoms with Crippen LogP contribution in [0.5, 0.6) is 0 Å². The van der Waals surface area contributed by atoms with Crippen LogP contribution >= 0.6 is 0 Å². The molecular weight excluding hydrogens is 448 g/mol. The largest absolute Gasteiger partial charge is 0.387 e. The highest BCUT2D eigenvalue weighted by Gasteiger charge is 2.58. The van der Waals surface area contributed by atoms with Crippen molar-refractivity contribution in [3.8, 4) is 0 Å². The van der Waals surface area contributed by atoms with Crippen LogP contribution in [0.4, 0.5) is 0 Å². The molecule has 0 aliphatic carbocycles. The van der Waals surface area contributed by atoms with Crippen molar-refractivity contribution in [1.82, 2.24) is 0 Å². The molecule has 4 fully saturated rings. The molecular formula is C24H40O10. The van der Waals surface area contributed by atoms with E-state index in [1.807, 2.05) is 27.7 Å². The topological polar surface area (TPSA) is 111 Å². The maximum atomic E-state index is 13.5. The van der Waals surface area contributed by atoms with Gasteiger partial charge in [0.05, 0.1) is 18.8 Å². The second-order valence-electron chi connectivity index (χ2n) is 11.8. The molecule has 0 aromatic heterocycles. The fraction of sp³-hybridized carbons (Fsp3) is 0.958. The molecule has 0 amide bonds. The Bertz CT molecular complexity index is 789. The number of ether oxygens (including phenoxy) is 8. The lowest BCUT2D eigenvalue weighted by atomic mass is 9.85. The first kappa shape index (κ1) is 26.4. The number of carbonyl (C=O) groups excluding carboxylic acids is 1. The summed E-state index contributed by atoms with van der Waals surface area (Å²) in [4.78, 5) is 13.5. The Kier molecular flexibility index (Phi) is 6.54. The van der Waals surface area contributed by atoms with Crippen LogP contribution in [0.25, 0.3) is 0 Å². The van der Waals surface area contributed by atoms with Crippen molar-refractivity contribution in [3.63, 3.8) is 0 Å². The van der Waals surface area contributed by atoms with E-state index < -0.39 is 65.4 Å². The lowest BCUT2D eigenvalue weighted by Gasteiger charge is -2.34. The Morgan fingerprint density at radius 1 is 0.735 bits per heavy atom. The normalized spacial score (nSPS) is 42.1. The summed E-state index contributed by atoms with van der Waals surface area (Å²) in [7, 11) is 0. The van der Waals surface area contributed by atoms with E-state index in [0.717, 1.165) is 0 Å². The third kappa shape index (κ3) is 5.50. The van der Waals surface area contributed by atoms with Crippen LogP contribution in [0.1, 0.15) is 68.7 Å². The van der Waals surface area contributed by atoms with Gasteiger partial charge >= 0.3 is 0 Å². The number of Topliss-reactive ketones (excluding diaryl/α,β-unsaturated/α-hetero) is 1. The van der Waals surface area contributed by atoms with E-state index in [2.05, 4.69) is 0 Å². The molecule has 4 aliphatic heterocycles. The summed E-state index contributed by atoms with van der Waals surface area (Å²) < 4.78 is 47.5. The van der Waals surface area contributed by atoms with Gasteiger partial charge in [0, 0.05) is 6.42 Å².